The third kappa shape index (κ3) is 0.967. The van der Waals surface area contributed by atoms with Gasteiger partial charge in [0.25, 0.3) is 0 Å². The molecule has 0 atom stereocenters. The zero-order valence-corrected chi connectivity index (χ0v) is 9.39. The van der Waals surface area contributed by atoms with Gasteiger partial charge >= 0.3 is 0 Å². The van der Waals surface area contributed by atoms with E-state index in [0.717, 1.165) is 0 Å². The summed E-state index contributed by atoms with van der Waals surface area (Å²) in [5, 5.41) is 0. The molecule has 0 radical (unpaired) electrons. The summed E-state index contributed by atoms with van der Waals surface area (Å²) >= 11 is 0. The van der Waals surface area contributed by atoms with E-state index in [1.807, 2.05) is 0 Å². The SMILES string of the molecule is Cc1cccc2c1-c1c(C)ccc(C)c1-2. The summed E-state index contributed by atoms with van der Waals surface area (Å²) in [5.41, 5.74) is 10.0. The van der Waals surface area contributed by atoms with Crippen LogP contribution in [-0.4, -0.2) is 0 Å². The van der Waals surface area contributed by atoms with Crippen molar-refractivity contribution in [2.24, 2.45) is 0 Å². The van der Waals surface area contributed by atoms with Gasteiger partial charge in [-0.1, -0.05) is 30.3 Å². The highest BCUT2D eigenvalue weighted by molar-refractivity contribution is 6.06. The largest absolute Gasteiger partial charge is 0.0613 e. The lowest BCUT2D eigenvalue weighted by molar-refractivity contribution is 1.32. The molecule has 0 fully saturated rings. The second kappa shape index (κ2) is 2.73. The van der Waals surface area contributed by atoms with Crippen molar-refractivity contribution in [3.8, 4) is 22.3 Å². The van der Waals surface area contributed by atoms with Crippen molar-refractivity contribution in [2.45, 2.75) is 20.8 Å². The molecule has 0 bridgehead atoms. The van der Waals surface area contributed by atoms with Gasteiger partial charge in [0.15, 0.2) is 0 Å². The predicted molar refractivity (Wildman–Crippen MR) is 65.1 cm³/mol. The molecule has 0 heteroatoms. The van der Waals surface area contributed by atoms with E-state index in [0.29, 0.717) is 0 Å². The first-order chi connectivity index (χ1) is 7.20. The summed E-state index contributed by atoms with van der Waals surface area (Å²) in [6, 6.07) is 11.0. The van der Waals surface area contributed by atoms with Gasteiger partial charge in [-0.05, 0) is 59.7 Å². The molecule has 2 aromatic rings. The molecule has 0 N–H and O–H groups in total. The van der Waals surface area contributed by atoms with E-state index in [4.69, 9.17) is 0 Å². The average molecular weight is 194 g/mol. The van der Waals surface area contributed by atoms with Crippen molar-refractivity contribution >= 4 is 0 Å². The summed E-state index contributed by atoms with van der Waals surface area (Å²) in [5.74, 6) is 0. The molecule has 0 unspecified atom stereocenters. The third-order valence-corrected chi connectivity index (χ3v) is 3.41. The minimum atomic E-state index is 1.40. The Morgan fingerprint density at radius 2 is 1.20 bits per heavy atom. The Hall–Kier alpha value is -1.56. The smallest absolute Gasteiger partial charge is 0.00643 e. The molecule has 0 spiro atoms. The second-order valence-corrected chi connectivity index (χ2v) is 4.45. The number of aryl methyl sites for hydroxylation is 3. The third-order valence-electron chi connectivity index (χ3n) is 3.41. The molecule has 0 saturated heterocycles. The van der Waals surface area contributed by atoms with Crippen LogP contribution >= 0.6 is 0 Å². The predicted octanol–water partition coefficient (Wildman–Crippen LogP) is 4.26. The van der Waals surface area contributed by atoms with Crippen LogP contribution in [0, 0.1) is 20.8 Å². The van der Waals surface area contributed by atoms with E-state index in [9.17, 15) is 0 Å². The average Bonchev–Trinajstić information content (AvgIpc) is 2.16. The lowest BCUT2D eigenvalue weighted by atomic mass is 9.74. The van der Waals surface area contributed by atoms with Gasteiger partial charge in [-0.3, -0.25) is 0 Å². The van der Waals surface area contributed by atoms with Crippen molar-refractivity contribution in [3.05, 3.63) is 47.0 Å². The van der Waals surface area contributed by atoms with Gasteiger partial charge in [-0.25, -0.2) is 0 Å². The van der Waals surface area contributed by atoms with Crippen LogP contribution in [-0.2, 0) is 0 Å². The Kier molecular flexibility index (Phi) is 1.59. The quantitative estimate of drug-likeness (QED) is 0.501. The molecule has 1 aliphatic rings. The van der Waals surface area contributed by atoms with Gasteiger partial charge < -0.3 is 0 Å². The van der Waals surface area contributed by atoms with E-state index < -0.39 is 0 Å². The van der Waals surface area contributed by atoms with Crippen molar-refractivity contribution in [1.29, 1.82) is 0 Å². The molecule has 2 aromatic carbocycles. The highest BCUT2D eigenvalue weighted by atomic mass is 14.3. The first kappa shape index (κ1) is 8.72. The van der Waals surface area contributed by atoms with Crippen LogP contribution in [0.3, 0.4) is 0 Å². The number of hydrogen-bond donors (Lipinski definition) is 0. The van der Waals surface area contributed by atoms with Gasteiger partial charge in [-0.15, -0.1) is 0 Å². The van der Waals surface area contributed by atoms with Crippen LogP contribution in [0.4, 0.5) is 0 Å². The Morgan fingerprint density at radius 1 is 0.600 bits per heavy atom. The maximum Gasteiger partial charge on any atom is -0.00643 e. The van der Waals surface area contributed by atoms with Crippen LogP contribution in [0.1, 0.15) is 16.7 Å². The van der Waals surface area contributed by atoms with Gasteiger partial charge in [0, 0.05) is 0 Å². The van der Waals surface area contributed by atoms with Crippen LogP contribution in [0.5, 0.6) is 0 Å². The maximum absolute atomic E-state index is 2.23. The lowest BCUT2D eigenvalue weighted by Crippen LogP contribution is -2.05. The molecule has 0 saturated carbocycles. The molecule has 0 amide bonds. The summed E-state index contributed by atoms with van der Waals surface area (Å²) in [6.45, 7) is 6.60. The van der Waals surface area contributed by atoms with Crippen LogP contribution in [0.2, 0.25) is 0 Å². The number of fused-ring (bicyclic) bond motifs is 4. The Balaban J connectivity index is 2.39. The van der Waals surface area contributed by atoms with Crippen molar-refractivity contribution in [1.82, 2.24) is 0 Å². The van der Waals surface area contributed by atoms with Crippen molar-refractivity contribution in [3.63, 3.8) is 0 Å². The normalized spacial score (nSPS) is 11.7. The van der Waals surface area contributed by atoms with Crippen LogP contribution < -0.4 is 0 Å². The Morgan fingerprint density at radius 3 is 1.93 bits per heavy atom. The fourth-order valence-corrected chi connectivity index (χ4v) is 2.63. The molecule has 0 aromatic heterocycles. The summed E-state index contributed by atoms with van der Waals surface area (Å²) < 4.78 is 0. The Labute approximate surface area is 90.6 Å². The zero-order chi connectivity index (χ0) is 10.6. The van der Waals surface area contributed by atoms with Gasteiger partial charge in [-0.2, -0.15) is 0 Å². The van der Waals surface area contributed by atoms with E-state index in [-0.39, 0.29) is 0 Å². The molecular weight excluding hydrogens is 180 g/mol. The van der Waals surface area contributed by atoms with Crippen molar-refractivity contribution in [2.75, 3.05) is 0 Å². The summed E-state index contributed by atoms with van der Waals surface area (Å²) in [4.78, 5) is 0. The van der Waals surface area contributed by atoms with Gasteiger partial charge in [0.1, 0.15) is 0 Å². The molecule has 0 heterocycles. The minimum absolute atomic E-state index is 1.40. The topological polar surface area (TPSA) is 0 Å². The van der Waals surface area contributed by atoms with Crippen molar-refractivity contribution < 1.29 is 0 Å². The molecule has 0 nitrogen and oxygen atoms in total. The lowest BCUT2D eigenvalue weighted by Gasteiger charge is -2.29. The first-order valence-corrected chi connectivity index (χ1v) is 5.40. The van der Waals surface area contributed by atoms with E-state index in [1.165, 1.54) is 38.9 Å². The minimum Gasteiger partial charge on any atom is -0.0613 e. The molecule has 0 aliphatic heterocycles. The van der Waals surface area contributed by atoms with E-state index >= 15 is 0 Å². The molecule has 1 aliphatic carbocycles. The van der Waals surface area contributed by atoms with Gasteiger partial charge in [0.05, 0.1) is 0 Å². The zero-order valence-electron chi connectivity index (χ0n) is 9.39. The van der Waals surface area contributed by atoms with Crippen LogP contribution in [0.15, 0.2) is 30.3 Å². The highest BCUT2D eigenvalue weighted by Crippen LogP contribution is 2.51. The number of hydrogen-bond acceptors (Lipinski definition) is 0. The molecule has 74 valence electrons. The number of benzene rings is 2. The molecule has 15 heavy (non-hydrogen) atoms. The fraction of sp³-hybridized carbons (Fsp3) is 0.200. The number of rotatable bonds is 0. The standard InChI is InChI=1S/C15H14/c1-9-5-4-6-12-13(9)15-11(3)8-7-10(2)14(12)15/h4-8H,1-3H3. The maximum atomic E-state index is 2.23. The molecule has 3 rings (SSSR count). The van der Waals surface area contributed by atoms with Gasteiger partial charge in [0.2, 0.25) is 0 Å². The van der Waals surface area contributed by atoms with E-state index in [2.05, 4.69) is 51.1 Å². The summed E-state index contributed by atoms with van der Waals surface area (Å²) in [7, 11) is 0. The Bertz CT molecular complexity index is 562. The van der Waals surface area contributed by atoms with Crippen LogP contribution in [0.25, 0.3) is 22.3 Å². The highest BCUT2D eigenvalue weighted by Gasteiger charge is 2.26. The van der Waals surface area contributed by atoms with E-state index in [1.54, 1.807) is 0 Å². The second-order valence-electron chi connectivity index (χ2n) is 4.45. The molecular formula is C15H14. The summed E-state index contributed by atoms with van der Waals surface area (Å²) in [6.07, 6.45) is 0. The fourth-order valence-electron chi connectivity index (χ4n) is 2.63. The monoisotopic (exact) mass is 194 g/mol. The first-order valence-electron chi connectivity index (χ1n) is 5.40.